The molecule has 0 bridgehead atoms. The summed E-state index contributed by atoms with van der Waals surface area (Å²) < 4.78 is 1.91. The lowest BCUT2D eigenvalue weighted by Crippen LogP contribution is -2.59. The average molecular weight is 222 g/mol. The summed E-state index contributed by atoms with van der Waals surface area (Å²) >= 11 is 0. The van der Waals surface area contributed by atoms with Crippen molar-refractivity contribution < 1.29 is 4.79 Å². The number of carbonyl (C=O) groups excluding carboxylic acids is 1. The Hall–Kier alpha value is -1.36. The molecule has 0 aromatic carbocycles. The van der Waals surface area contributed by atoms with Crippen molar-refractivity contribution >= 4 is 5.91 Å². The quantitative estimate of drug-likeness (QED) is 0.718. The van der Waals surface area contributed by atoms with E-state index in [-0.39, 0.29) is 5.91 Å². The molecule has 1 aromatic rings. The van der Waals surface area contributed by atoms with Crippen molar-refractivity contribution in [3.8, 4) is 0 Å². The first-order valence-electron chi connectivity index (χ1n) is 5.69. The van der Waals surface area contributed by atoms with Gasteiger partial charge in [0.2, 0.25) is 5.91 Å². The Morgan fingerprint density at radius 2 is 2.44 bits per heavy atom. The predicted molar refractivity (Wildman–Crippen MR) is 60.6 cm³/mol. The molecule has 0 saturated heterocycles. The summed E-state index contributed by atoms with van der Waals surface area (Å²) in [6.07, 6.45) is 7.44. The van der Waals surface area contributed by atoms with Gasteiger partial charge in [-0.2, -0.15) is 0 Å². The Balaban J connectivity index is 2.21. The van der Waals surface area contributed by atoms with Gasteiger partial charge >= 0.3 is 0 Å². The number of nitrogens with zero attached hydrogens (tertiary/aromatic N) is 2. The molecular weight excluding hydrogens is 204 g/mol. The maximum Gasteiger partial charge on any atom is 0.239 e. The summed E-state index contributed by atoms with van der Waals surface area (Å²) in [5.41, 5.74) is 4.98. The normalized spacial score (nSPS) is 19.3. The molecule has 2 rings (SSSR count). The first kappa shape index (κ1) is 11.1. The van der Waals surface area contributed by atoms with Crippen LogP contribution in [-0.2, 0) is 11.3 Å². The van der Waals surface area contributed by atoms with Crippen molar-refractivity contribution in [2.45, 2.75) is 31.8 Å². The molecule has 1 atom stereocenters. The molecule has 1 aliphatic carbocycles. The highest BCUT2D eigenvalue weighted by Gasteiger charge is 2.49. The molecule has 1 heterocycles. The summed E-state index contributed by atoms with van der Waals surface area (Å²) in [6, 6.07) is 0. The van der Waals surface area contributed by atoms with E-state index in [0.29, 0.717) is 12.5 Å². The van der Waals surface area contributed by atoms with Crippen LogP contribution in [0.2, 0.25) is 0 Å². The van der Waals surface area contributed by atoms with Crippen LogP contribution in [0.4, 0.5) is 0 Å². The lowest BCUT2D eigenvalue weighted by atomic mass is 9.92. The SMILES string of the molecule is CCNC(Cn1ccnc1)(C(N)=O)C1CC1. The third-order valence-electron chi connectivity index (χ3n) is 3.20. The van der Waals surface area contributed by atoms with Crippen LogP contribution in [0.1, 0.15) is 19.8 Å². The summed E-state index contributed by atoms with van der Waals surface area (Å²) in [7, 11) is 0. The summed E-state index contributed by atoms with van der Waals surface area (Å²) in [6.45, 7) is 3.31. The van der Waals surface area contributed by atoms with Gasteiger partial charge in [-0.25, -0.2) is 4.98 Å². The van der Waals surface area contributed by atoms with Crippen molar-refractivity contribution in [2.24, 2.45) is 11.7 Å². The molecule has 5 nitrogen and oxygen atoms in total. The fraction of sp³-hybridized carbons (Fsp3) is 0.636. The zero-order chi connectivity index (χ0) is 11.6. The smallest absolute Gasteiger partial charge is 0.239 e. The van der Waals surface area contributed by atoms with Crippen LogP contribution in [0, 0.1) is 5.92 Å². The number of hydrogen-bond donors (Lipinski definition) is 2. The van der Waals surface area contributed by atoms with E-state index in [4.69, 9.17) is 5.73 Å². The summed E-state index contributed by atoms with van der Waals surface area (Å²) in [5.74, 6) is 0.109. The zero-order valence-electron chi connectivity index (χ0n) is 9.52. The average Bonchev–Trinajstić information content (AvgIpc) is 2.98. The van der Waals surface area contributed by atoms with E-state index in [1.165, 1.54) is 0 Å². The van der Waals surface area contributed by atoms with Crippen LogP contribution in [0.25, 0.3) is 0 Å². The Morgan fingerprint density at radius 3 is 2.88 bits per heavy atom. The van der Waals surface area contributed by atoms with E-state index < -0.39 is 5.54 Å². The Kier molecular flexibility index (Phi) is 2.96. The predicted octanol–water partition coefficient (Wildman–Crippen LogP) is 0.127. The van der Waals surface area contributed by atoms with Crippen LogP contribution in [-0.4, -0.2) is 27.5 Å². The summed E-state index contributed by atoms with van der Waals surface area (Å²) in [5, 5.41) is 3.27. The molecule has 1 fully saturated rings. The molecule has 1 unspecified atom stereocenters. The minimum absolute atomic E-state index is 0.259. The minimum atomic E-state index is -0.602. The molecule has 0 spiro atoms. The highest BCUT2D eigenvalue weighted by atomic mass is 16.1. The fourth-order valence-corrected chi connectivity index (χ4v) is 2.26. The topological polar surface area (TPSA) is 72.9 Å². The number of rotatable bonds is 6. The van der Waals surface area contributed by atoms with Gasteiger partial charge in [-0.15, -0.1) is 0 Å². The Labute approximate surface area is 95.0 Å². The monoisotopic (exact) mass is 222 g/mol. The van der Waals surface area contributed by atoms with Gasteiger partial charge in [-0.3, -0.25) is 4.79 Å². The number of likely N-dealkylation sites (N-methyl/N-ethyl adjacent to an activating group) is 1. The molecule has 1 amide bonds. The Morgan fingerprint density at radius 1 is 1.69 bits per heavy atom. The second-order valence-corrected chi connectivity index (χ2v) is 4.38. The van der Waals surface area contributed by atoms with Crippen molar-refractivity contribution in [3.63, 3.8) is 0 Å². The third-order valence-corrected chi connectivity index (χ3v) is 3.20. The molecule has 5 heteroatoms. The molecule has 88 valence electrons. The second kappa shape index (κ2) is 4.25. The number of hydrogen-bond acceptors (Lipinski definition) is 3. The van der Waals surface area contributed by atoms with Gasteiger partial charge in [0, 0.05) is 12.4 Å². The standard InChI is InChI=1S/C11H18N4O/c1-2-14-11(10(12)16,9-3-4-9)7-15-6-5-13-8-15/h5-6,8-9,14H,2-4,7H2,1H3,(H2,12,16). The van der Waals surface area contributed by atoms with Gasteiger partial charge in [0.25, 0.3) is 0 Å². The van der Waals surface area contributed by atoms with Crippen LogP contribution >= 0.6 is 0 Å². The molecule has 16 heavy (non-hydrogen) atoms. The van der Waals surface area contributed by atoms with E-state index in [2.05, 4.69) is 10.3 Å². The van der Waals surface area contributed by atoms with Crippen molar-refractivity contribution in [1.29, 1.82) is 0 Å². The van der Waals surface area contributed by atoms with E-state index in [1.54, 1.807) is 12.5 Å². The molecule has 1 aromatic heterocycles. The molecule has 0 radical (unpaired) electrons. The van der Waals surface area contributed by atoms with Crippen molar-refractivity contribution in [3.05, 3.63) is 18.7 Å². The number of aromatic nitrogens is 2. The number of amides is 1. The first-order valence-corrected chi connectivity index (χ1v) is 5.69. The lowest BCUT2D eigenvalue weighted by Gasteiger charge is -2.32. The number of nitrogens with one attached hydrogen (secondary N) is 1. The molecular formula is C11H18N4O. The third kappa shape index (κ3) is 1.95. The Bertz CT molecular complexity index is 358. The number of nitrogens with two attached hydrogens (primary N) is 1. The zero-order valence-corrected chi connectivity index (χ0v) is 9.52. The van der Waals surface area contributed by atoms with Crippen LogP contribution < -0.4 is 11.1 Å². The fourth-order valence-electron chi connectivity index (χ4n) is 2.26. The van der Waals surface area contributed by atoms with Gasteiger partial charge in [-0.1, -0.05) is 6.92 Å². The van der Waals surface area contributed by atoms with Gasteiger partial charge in [0.15, 0.2) is 0 Å². The summed E-state index contributed by atoms with van der Waals surface area (Å²) in [4.78, 5) is 15.7. The molecule has 3 N–H and O–H groups in total. The van der Waals surface area contributed by atoms with Crippen molar-refractivity contribution in [1.82, 2.24) is 14.9 Å². The van der Waals surface area contributed by atoms with Crippen LogP contribution in [0.15, 0.2) is 18.7 Å². The molecule has 0 aliphatic heterocycles. The van der Waals surface area contributed by atoms with Crippen LogP contribution in [0.5, 0.6) is 0 Å². The first-order chi connectivity index (χ1) is 7.69. The largest absolute Gasteiger partial charge is 0.368 e. The molecule has 1 aliphatic rings. The molecule has 1 saturated carbocycles. The van der Waals surface area contributed by atoms with Gasteiger partial charge < -0.3 is 15.6 Å². The van der Waals surface area contributed by atoms with Gasteiger partial charge in [0.1, 0.15) is 5.54 Å². The van der Waals surface area contributed by atoms with E-state index in [9.17, 15) is 4.79 Å². The van der Waals surface area contributed by atoms with E-state index >= 15 is 0 Å². The van der Waals surface area contributed by atoms with E-state index in [0.717, 1.165) is 19.4 Å². The number of carbonyl (C=O) groups is 1. The highest BCUT2D eigenvalue weighted by molar-refractivity contribution is 5.85. The number of imidazole rings is 1. The lowest BCUT2D eigenvalue weighted by molar-refractivity contribution is -0.126. The van der Waals surface area contributed by atoms with Crippen molar-refractivity contribution in [2.75, 3.05) is 6.54 Å². The highest BCUT2D eigenvalue weighted by Crippen LogP contribution is 2.40. The maximum atomic E-state index is 11.7. The van der Waals surface area contributed by atoms with Gasteiger partial charge in [-0.05, 0) is 25.3 Å². The van der Waals surface area contributed by atoms with Gasteiger partial charge in [0.05, 0.1) is 12.9 Å². The van der Waals surface area contributed by atoms with Crippen LogP contribution in [0.3, 0.4) is 0 Å². The number of primary amides is 1. The second-order valence-electron chi connectivity index (χ2n) is 4.38. The minimum Gasteiger partial charge on any atom is -0.368 e. The van der Waals surface area contributed by atoms with E-state index in [1.807, 2.05) is 17.7 Å². The maximum absolute atomic E-state index is 11.7.